The number of nitrogens with zero attached hydrogens (tertiary/aromatic N) is 3. The van der Waals surface area contributed by atoms with E-state index < -0.39 is 10.0 Å². The van der Waals surface area contributed by atoms with Gasteiger partial charge in [0.25, 0.3) is 5.91 Å². The Balaban J connectivity index is 1.36. The molecule has 1 saturated heterocycles. The van der Waals surface area contributed by atoms with E-state index >= 15 is 0 Å². The van der Waals surface area contributed by atoms with Gasteiger partial charge >= 0.3 is 0 Å². The average Bonchev–Trinajstić information content (AvgIpc) is 3.45. The molecule has 8 heteroatoms. The Labute approximate surface area is 205 Å². The maximum Gasteiger partial charge on any atom is 0.251 e. The van der Waals surface area contributed by atoms with Gasteiger partial charge in [0.2, 0.25) is 10.0 Å². The molecule has 0 bridgehead atoms. The van der Waals surface area contributed by atoms with Crippen molar-refractivity contribution in [3.63, 3.8) is 0 Å². The molecule has 1 amide bonds. The minimum atomic E-state index is -3.31. The van der Waals surface area contributed by atoms with Gasteiger partial charge in [-0.2, -0.15) is 5.10 Å². The summed E-state index contributed by atoms with van der Waals surface area (Å²) >= 11 is 0. The number of benzene rings is 3. The Morgan fingerprint density at radius 1 is 0.943 bits per heavy atom. The standard InChI is InChI=1S/C27H26N4O3S/c32-27(23-13-7-14-25(17-23)31-15-8-16-35(31,33)34)28-18-24-20-30(19-21-9-3-1-4-10-21)29-26(24)22-11-5-2-6-12-22/h1-7,9-14,17,20H,8,15-16,18-19H2,(H,28,32). The van der Waals surface area contributed by atoms with E-state index in [0.29, 0.717) is 37.3 Å². The highest BCUT2D eigenvalue weighted by Crippen LogP contribution is 2.25. The zero-order chi connectivity index (χ0) is 24.3. The number of sulfonamides is 1. The summed E-state index contributed by atoms with van der Waals surface area (Å²) in [5.41, 5.74) is 4.78. The van der Waals surface area contributed by atoms with Crippen LogP contribution in [0.3, 0.4) is 0 Å². The van der Waals surface area contributed by atoms with Gasteiger partial charge in [-0.15, -0.1) is 0 Å². The predicted octanol–water partition coefficient (Wildman–Crippen LogP) is 4.07. The van der Waals surface area contributed by atoms with E-state index in [-0.39, 0.29) is 11.7 Å². The highest BCUT2D eigenvalue weighted by molar-refractivity contribution is 7.93. The van der Waals surface area contributed by atoms with Crippen LogP contribution >= 0.6 is 0 Å². The second-order valence-electron chi connectivity index (χ2n) is 8.53. The first-order valence-corrected chi connectivity index (χ1v) is 13.1. The Hall–Kier alpha value is -3.91. The highest BCUT2D eigenvalue weighted by atomic mass is 32.2. The van der Waals surface area contributed by atoms with Crippen LogP contribution in [0, 0.1) is 0 Å². The minimum absolute atomic E-state index is 0.138. The fourth-order valence-corrected chi connectivity index (χ4v) is 5.85. The van der Waals surface area contributed by atoms with Crippen LogP contribution in [0.4, 0.5) is 5.69 Å². The van der Waals surface area contributed by atoms with Gasteiger partial charge in [-0.3, -0.25) is 13.8 Å². The van der Waals surface area contributed by atoms with E-state index in [1.54, 1.807) is 24.3 Å². The van der Waals surface area contributed by atoms with Crippen molar-refractivity contribution < 1.29 is 13.2 Å². The van der Waals surface area contributed by atoms with Crippen LogP contribution in [0.2, 0.25) is 0 Å². The molecule has 1 N–H and O–H groups in total. The van der Waals surface area contributed by atoms with Crippen molar-refractivity contribution in [1.82, 2.24) is 15.1 Å². The Morgan fingerprint density at radius 3 is 2.40 bits per heavy atom. The van der Waals surface area contributed by atoms with Crippen molar-refractivity contribution in [1.29, 1.82) is 0 Å². The van der Waals surface area contributed by atoms with Crippen LogP contribution in [0.5, 0.6) is 0 Å². The molecule has 1 aliphatic heterocycles. The molecule has 0 atom stereocenters. The molecule has 1 aliphatic rings. The number of carbonyl (C=O) groups is 1. The van der Waals surface area contributed by atoms with Crippen LogP contribution in [-0.4, -0.2) is 36.4 Å². The van der Waals surface area contributed by atoms with Crippen LogP contribution in [0.1, 0.15) is 27.9 Å². The fraction of sp³-hybridized carbons (Fsp3) is 0.185. The van der Waals surface area contributed by atoms with Crippen LogP contribution in [0.15, 0.2) is 91.1 Å². The third-order valence-electron chi connectivity index (χ3n) is 6.01. The summed E-state index contributed by atoms with van der Waals surface area (Å²) in [4.78, 5) is 13.0. The Bertz CT molecular complexity index is 1430. The molecule has 1 aromatic heterocycles. The van der Waals surface area contributed by atoms with Gasteiger partial charge in [0.1, 0.15) is 0 Å². The molecule has 0 aliphatic carbocycles. The van der Waals surface area contributed by atoms with E-state index in [4.69, 9.17) is 5.10 Å². The predicted molar refractivity (Wildman–Crippen MR) is 137 cm³/mol. The SMILES string of the molecule is O=C(NCc1cn(Cc2ccccc2)nc1-c1ccccc1)c1cccc(N2CCCS2(=O)=O)c1. The average molecular weight is 487 g/mol. The van der Waals surface area contributed by atoms with Gasteiger partial charge in [-0.25, -0.2) is 8.42 Å². The lowest BCUT2D eigenvalue weighted by Gasteiger charge is -2.17. The largest absolute Gasteiger partial charge is 0.348 e. The second-order valence-corrected chi connectivity index (χ2v) is 10.5. The van der Waals surface area contributed by atoms with Crippen LogP contribution < -0.4 is 9.62 Å². The molecule has 3 aromatic carbocycles. The zero-order valence-electron chi connectivity index (χ0n) is 19.2. The lowest BCUT2D eigenvalue weighted by molar-refractivity contribution is 0.0951. The van der Waals surface area contributed by atoms with Crippen molar-refractivity contribution in [2.75, 3.05) is 16.6 Å². The van der Waals surface area contributed by atoms with Crippen molar-refractivity contribution in [2.24, 2.45) is 0 Å². The molecule has 2 heterocycles. The number of rotatable bonds is 7. The van der Waals surface area contributed by atoms with E-state index in [1.165, 1.54) is 4.31 Å². The molecule has 0 unspecified atom stereocenters. The molecule has 35 heavy (non-hydrogen) atoms. The number of aromatic nitrogens is 2. The van der Waals surface area contributed by atoms with Crippen LogP contribution in [0.25, 0.3) is 11.3 Å². The monoisotopic (exact) mass is 486 g/mol. The van der Waals surface area contributed by atoms with Gasteiger partial charge in [0.15, 0.2) is 0 Å². The van der Waals surface area contributed by atoms with E-state index in [1.807, 2.05) is 59.4 Å². The summed E-state index contributed by atoms with van der Waals surface area (Å²) in [7, 11) is -3.31. The number of hydrogen-bond acceptors (Lipinski definition) is 4. The molecule has 0 saturated carbocycles. The second kappa shape index (κ2) is 9.76. The third kappa shape index (κ3) is 5.12. The Morgan fingerprint density at radius 2 is 1.69 bits per heavy atom. The minimum Gasteiger partial charge on any atom is -0.348 e. The summed E-state index contributed by atoms with van der Waals surface area (Å²) in [6.45, 7) is 1.36. The first kappa shape index (κ1) is 22.9. The summed E-state index contributed by atoms with van der Waals surface area (Å²) in [6, 6.07) is 26.7. The molecule has 1 fully saturated rings. The highest BCUT2D eigenvalue weighted by Gasteiger charge is 2.28. The number of anilines is 1. The van der Waals surface area contributed by atoms with Crippen molar-refractivity contribution >= 4 is 21.6 Å². The normalized spacial score (nSPS) is 14.7. The maximum absolute atomic E-state index is 13.0. The quantitative estimate of drug-likeness (QED) is 0.427. The summed E-state index contributed by atoms with van der Waals surface area (Å²) in [5.74, 6) is -0.128. The van der Waals surface area contributed by atoms with E-state index in [9.17, 15) is 13.2 Å². The molecule has 4 aromatic rings. The summed E-state index contributed by atoms with van der Waals surface area (Å²) in [5, 5.41) is 7.78. The molecule has 178 valence electrons. The zero-order valence-corrected chi connectivity index (χ0v) is 20.0. The first-order valence-electron chi connectivity index (χ1n) is 11.5. The smallest absolute Gasteiger partial charge is 0.251 e. The number of nitrogens with one attached hydrogen (secondary N) is 1. The number of carbonyl (C=O) groups excluding carboxylic acids is 1. The molecule has 0 spiro atoms. The topological polar surface area (TPSA) is 84.3 Å². The number of hydrogen-bond donors (Lipinski definition) is 1. The van der Waals surface area contributed by atoms with E-state index in [0.717, 1.165) is 22.4 Å². The van der Waals surface area contributed by atoms with E-state index in [2.05, 4.69) is 17.4 Å². The lowest BCUT2D eigenvalue weighted by Crippen LogP contribution is -2.26. The van der Waals surface area contributed by atoms with Crippen LogP contribution in [-0.2, 0) is 23.1 Å². The van der Waals surface area contributed by atoms with Crippen molar-refractivity contribution in [2.45, 2.75) is 19.5 Å². The first-order chi connectivity index (χ1) is 17.0. The molecule has 7 nitrogen and oxygen atoms in total. The fourth-order valence-electron chi connectivity index (χ4n) is 4.29. The van der Waals surface area contributed by atoms with Gasteiger partial charge in [0.05, 0.1) is 23.7 Å². The van der Waals surface area contributed by atoms with Gasteiger partial charge in [-0.05, 0) is 30.2 Å². The summed E-state index contributed by atoms with van der Waals surface area (Å²) < 4.78 is 27.8. The lowest BCUT2D eigenvalue weighted by atomic mass is 10.1. The molecular formula is C27H26N4O3S. The maximum atomic E-state index is 13.0. The third-order valence-corrected chi connectivity index (χ3v) is 7.88. The number of amides is 1. The van der Waals surface area contributed by atoms with Crippen molar-refractivity contribution in [3.05, 3.63) is 108 Å². The summed E-state index contributed by atoms with van der Waals surface area (Å²) in [6.07, 6.45) is 2.55. The van der Waals surface area contributed by atoms with Gasteiger partial charge in [-0.1, -0.05) is 66.7 Å². The van der Waals surface area contributed by atoms with Crippen molar-refractivity contribution in [3.8, 4) is 11.3 Å². The molecule has 0 radical (unpaired) electrons. The Kier molecular flexibility index (Phi) is 6.37. The molecule has 5 rings (SSSR count). The van der Waals surface area contributed by atoms with Gasteiger partial charge < -0.3 is 5.32 Å². The molecular weight excluding hydrogens is 460 g/mol. The van der Waals surface area contributed by atoms with Gasteiger partial charge in [0, 0.05) is 36.0 Å².